The van der Waals surface area contributed by atoms with E-state index in [1.54, 1.807) is 30.3 Å². The van der Waals surface area contributed by atoms with Crippen LogP contribution >= 0.6 is 0 Å². The number of amides is 2. The molecule has 1 aromatic heterocycles. The Morgan fingerprint density at radius 3 is 2.48 bits per heavy atom. The number of carbonyl (C=O) groups is 2. The summed E-state index contributed by atoms with van der Waals surface area (Å²) in [6.45, 7) is 7.07. The largest absolute Gasteiger partial charge is 0.494 e. The van der Waals surface area contributed by atoms with Gasteiger partial charge < -0.3 is 15.4 Å². The van der Waals surface area contributed by atoms with Gasteiger partial charge in [-0.2, -0.15) is 0 Å². The van der Waals surface area contributed by atoms with E-state index in [1.807, 2.05) is 20.8 Å². The van der Waals surface area contributed by atoms with E-state index in [-0.39, 0.29) is 17.5 Å². The highest BCUT2D eigenvalue weighted by atomic mass is 16.5. The lowest BCUT2D eigenvalue weighted by Gasteiger charge is -2.09. The van der Waals surface area contributed by atoms with Crippen molar-refractivity contribution in [1.29, 1.82) is 0 Å². The maximum Gasteiger partial charge on any atom is 0.269 e. The van der Waals surface area contributed by atoms with Gasteiger partial charge in [0.2, 0.25) is 0 Å². The van der Waals surface area contributed by atoms with Crippen LogP contribution in [0.15, 0.2) is 42.6 Å². The minimum atomic E-state index is -0.301. The van der Waals surface area contributed by atoms with Gasteiger partial charge in [-0.1, -0.05) is 13.8 Å². The SMILES string of the molecule is CCOc1ccc(NC(=O)c2ccnc(C(=O)NCC(C)C)c2)cc1. The van der Waals surface area contributed by atoms with Gasteiger partial charge >= 0.3 is 0 Å². The molecule has 0 radical (unpaired) electrons. The summed E-state index contributed by atoms with van der Waals surface area (Å²) in [5.41, 5.74) is 1.25. The van der Waals surface area contributed by atoms with Crippen LogP contribution in [0.4, 0.5) is 5.69 Å². The standard InChI is InChI=1S/C19H23N3O3/c1-4-25-16-7-5-15(6-8-16)22-18(23)14-9-10-20-17(11-14)19(24)21-12-13(2)3/h5-11,13H,4,12H2,1-3H3,(H,21,24)(H,22,23). The zero-order chi connectivity index (χ0) is 18.2. The fourth-order valence-corrected chi connectivity index (χ4v) is 2.09. The van der Waals surface area contributed by atoms with Gasteiger partial charge in [0.25, 0.3) is 11.8 Å². The number of hydrogen-bond donors (Lipinski definition) is 2. The van der Waals surface area contributed by atoms with Gasteiger partial charge in [-0.25, -0.2) is 0 Å². The van der Waals surface area contributed by atoms with Crippen LogP contribution < -0.4 is 15.4 Å². The molecule has 2 aromatic rings. The molecule has 0 aliphatic carbocycles. The minimum absolute atomic E-state index is 0.222. The molecule has 0 saturated heterocycles. The summed E-state index contributed by atoms with van der Waals surface area (Å²) < 4.78 is 5.37. The first-order valence-electron chi connectivity index (χ1n) is 8.28. The zero-order valence-electron chi connectivity index (χ0n) is 14.7. The predicted molar refractivity (Wildman–Crippen MR) is 97.0 cm³/mol. The molecule has 2 N–H and O–H groups in total. The lowest BCUT2D eigenvalue weighted by molar-refractivity contribution is 0.0944. The number of benzene rings is 1. The highest BCUT2D eigenvalue weighted by Gasteiger charge is 2.12. The molecule has 0 atom stereocenters. The zero-order valence-corrected chi connectivity index (χ0v) is 14.7. The maximum atomic E-state index is 12.4. The average Bonchev–Trinajstić information content (AvgIpc) is 2.61. The molecular formula is C19H23N3O3. The number of hydrogen-bond acceptors (Lipinski definition) is 4. The van der Waals surface area contributed by atoms with Crippen LogP contribution in [0.5, 0.6) is 5.75 Å². The maximum absolute atomic E-state index is 12.4. The van der Waals surface area contributed by atoms with Crippen molar-refractivity contribution in [2.24, 2.45) is 5.92 Å². The number of nitrogens with one attached hydrogen (secondary N) is 2. The third-order valence-electron chi connectivity index (χ3n) is 3.35. The van der Waals surface area contributed by atoms with Crippen LogP contribution in [0.3, 0.4) is 0 Å². The summed E-state index contributed by atoms with van der Waals surface area (Å²) >= 11 is 0. The fraction of sp³-hybridized carbons (Fsp3) is 0.316. The first-order valence-corrected chi connectivity index (χ1v) is 8.28. The van der Waals surface area contributed by atoms with Gasteiger partial charge in [-0.3, -0.25) is 14.6 Å². The van der Waals surface area contributed by atoms with Gasteiger partial charge in [-0.15, -0.1) is 0 Å². The number of ether oxygens (including phenoxy) is 1. The number of carbonyl (C=O) groups excluding carboxylic acids is 2. The van der Waals surface area contributed by atoms with Crippen molar-refractivity contribution in [1.82, 2.24) is 10.3 Å². The lowest BCUT2D eigenvalue weighted by Crippen LogP contribution is -2.28. The highest BCUT2D eigenvalue weighted by molar-refractivity contribution is 6.05. The molecule has 0 aliphatic heterocycles. The van der Waals surface area contributed by atoms with Crippen LogP contribution in [0.25, 0.3) is 0 Å². The van der Waals surface area contributed by atoms with Crippen molar-refractivity contribution < 1.29 is 14.3 Å². The number of aromatic nitrogens is 1. The van der Waals surface area contributed by atoms with E-state index in [4.69, 9.17) is 4.74 Å². The summed E-state index contributed by atoms with van der Waals surface area (Å²) in [5, 5.41) is 5.58. The monoisotopic (exact) mass is 341 g/mol. The second-order valence-electron chi connectivity index (χ2n) is 5.95. The molecule has 0 aliphatic rings. The summed E-state index contributed by atoms with van der Waals surface area (Å²) in [5.74, 6) is 0.498. The Kier molecular flexibility index (Phi) is 6.51. The Bertz CT molecular complexity index is 727. The Balaban J connectivity index is 2.04. The number of rotatable bonds is 7. The van der Waals surface area contributed by atoms with Crippen molar-refractivity contribution in [3.05, 3.63) is 53.9 Å². The summed E-state index contributed by atoms with van der Waals surface area (Å²) in [6.07, 6.45) is 1.46. The Labute approximate surface area is 147 Å². The van der Waals surface area contributed by atoms with Gasteiger partial charge in [0.05, 0.1) is 6.61 Å². The molecule has 1 heterocycles. The molecule has 132 valence electrons. The average molecular weight is 341 g/mol. The van der Waals surface area contributed by atoms with Crippen LogP contribution in [0, 0.1) is 5.92 Å². The highest BCUT2D eigenvalue weighted by Crippen LogP contribution is 2.16. The van der Waals surface area contributed by atoms with Gasteiger partial charge in [0.1, 0.15) is 11.4 Å². The molecule has 6 nitrogen and oxygen atoms in total. The molecule has 6 heteroatoms. The lowest BCUT2D eigenvalue weighted by atomic mass is 10.2. The van der Waals surface area contributed by atoms with E-state index in [0.29, 0.717) is 30.3 Å². The second kappa shape index (κ2) is 8.82. The minimum Gasteiger partial charge on any atom is -0.494 e. The molecular weight excluding hydrogens is 318 g/mol. The normalized spacial score (nSPS) is 10.4. The fourth-order valence-electron chi connectivity index (χ4n) is 2.09. The second-order valence-corrected chi connectivity index (χ2v) is 5.95. The van der Waals surface area contributed by atoms with Crippen LogP contribution in [-0.2, 0) is 0 Å². The Morgan fingerprint density at radius 2 is 1.84 bits per heavy atom. The Morgan fingerprint density at radius 1 is 1.12 bits per heavy atom. The molecule has 0 saturated carbocycles. The first kappa shape index (κ1) is 18.4. The summed E-state index contributed by atoms with van der Waals surface area (Å²) in [7, 11) is 0. The molecule has 2 amide bonds. The van der Waals surface area contributed by atoms with Crippen molar-refractivity contribution in [3.63, 3.8) is 0 Å². The first-order chi connectivity index (χ1) is 12.0. The number of anilines is 1. The van der Waals surface area contributed by atoms with Crippen molar-refractivity contribution in [2.75, 3.05) is 18.5 Å². The number of pyridine rings is 1. The van der Waals surface area contributed by atoms with Crippen LogP contribution in [0.1, 0.15) is 41.6 Å². The van der Waals surface area contributed by atoms with E-state index < -0.39 is 0 Å². The Hall–Kier alpha value is -2.89. The van der Waals surface area contributed by atoms with Gasteiger partial charge in [0.15, 0.2) is 0 Å². The van der Waals surface area contributed by atoms with Crippen LogP contribution in [0.2, 0.25) is 0 Å². The molecule has 0 unspecified atom stereocenters. The molecule has 0 spiro atoms. The molecule has 2 rings (SSSR count). The van der Waals surface area contributed by atoms with Gasteiger partial charge in [-0.05, 0) is 49.2 Å². The predicted octanol–water partition coefficient (Wildman–Crippen LogP) is 3.12. The van der Waals surface area contributed by atoms with Crippen molar-refractivity contribution in [3.8, 4) is 5.75 Å². The summed E-state index contributed by atoms with van der Waals surface area (Å²) in [6, 6.07) is 10.2. The smallest absolute Gasteiger partial charge is 0.269 e. The molecule has 1 aromatic carbocycles. The summed E-state index contributed by atoms with van der Waals surface area (Å²) in [4.78, 5) is 28.5. The van der Waals surface area contributed by atoms with Crippen molar-refractivity contribution in [2.45, 2.75) is 20.8 Å². The van der Waals surface area contributed by atoms with Crippen LogP contribution in [-0.4, -0.2) is 29.9 Å². The molecule has 0 bridgehead atoms. The number of nitrogens with zero attached hydrogens (tertiary/aromatic N) is 1. The van der Waals surface area contributed by atoms with E-state index >= 15 is 0 Å². The molecule has 0 fully saturated rings. The van der Waals surface area contributed by atoms with E-state index in [2.05, 4.69) is 15.6 Å². The third kappa shape index (κ3) is 5.60. The van der Waals surface area contributed by atoms with Crippen molar-refractivity contribution >= 4 is 17.5 Å². The van der Waals surface area contributed by atoms with E-state index in [0.717, 1.165) is 5.75 Å². The van der Waals surface area contributed by atoms with Gasteiger partial charge in [0, 0.05) is 24.0 Å². The van der Waals surface area contributed by atoms with E-state index in [9.17, 15) is 9.59 Å². The van der Waals surface area contributed by atoms with E-state index in [1.165, 1.54) is 12.3 Å². The quantitative estimate of drug-likeness (QED) is 0.811. The molecule has 25 heavy (non-hydrogen) atoms. The topological polar surface area (TPSA) is 80.3 Å². The third-order valence-corrected chi connectivity index (χ3v) is 3.35.